The van der Waals surface area contributed by atoms with Gasteiger partial charge in [0, 0.05) is 16.5 Å². The number of allylic oxidation sites excluding steroid dienone is 3. The van der Waals surface area contributed by atoms with E-state index in [1.54, 1.807) is 0 Å². The van der Waals surface area contributed by atoms with Gasteiger partial charge in [0.25, 0.3) is 0 Å². The second-order valence-electron chi connectivity index (χ2n) is 8.53. The van der Waals surface area contributed by atoms with Crippen molar-refractivity contribution in [3.8, 4) is 11.1 Å². The Labute approximate surface area is 187 Å². The van der Waals surface area contributed by atoms with Crippen LogP contribution in [0.2, 0.25) is 0 Å². The van der Waals surface area contributed by atoms with Crippen molar-refractivity contribution >= 4 is 38.9 Å². The summed E-state index contributed by atoms with van der Waals surface area (Å²) in [6.45, 7) is 0. The van der Waals surface area contributed by atoms with Crippen LogP contribution >= 0.6 is 0 Å². The second kappa shape index (κ2) is 6.73. The quantitative estimate of drug-likeness (QED) is 0.285. The van der Waals surface area contributed by atoms with Gasteiger partial charge in [-0.15, -0.1) is 0 Å². The Balaban J connectivity index is 1.48. The molecule has 0 N–H and O–H groups in total. The van der Waals surface area contributed by atoms with Crippen molar-refractivity contribution in [2.75, 3.05) is 4.90 Å². The van der Waals surface area contributed by atoms with E-state index in [2.05, 4.69) is 119 Å². The second-order valence-corrected chi connectivity index (χ2v) is 8.53. The number of rotatable bonds is 2. The van der Waals surface area contributed by atoms with E-state index in [9.17, 15) is 0 Å². The molecule has 2 aliphatic rings. The van der Waals surface area contributed by atoms with E-state index in [4.69, 9.17) is 0 Å². The van der Waals surface area contributed by atoms with Crippen LogP contribution in [0.15, 0.2) is 115 Å². The maximum atomic E-state index is 2.47. The van der Waals surface area contributed by atoms with E-state index in [-0.39, 0.29) is 0 Å². The molecule has 0 fully saturated rings. The normalized spacial score (nSPS) is 14.9. The Hall–Kier alpha value is -4.04. The third-order valence-electron chi connectivity index (χ3n) is 6.73. The Kier molecular flexibility index (Phi) is 3.71. The summed E-state index contributed by atoms with van der Waals surface area (Å²) in [6.07, 6.45) is 6.96. The van der Waals surface area contributed by atoms with Crippen LogP contribution in [0.1, 0.15) is 12.8 Å². The maximum Gasteiger partial charge on any atom is 0.0783 e. The van der Waals surface area contributed by atoms with Crippen LogP contribution in [0.3, 0.4) is 0 Å². The molecule has 0 radical (unpaired) electrons. The minimum Gasteiger partial charge on any atom is -0.307 e. The molecule has 0 bridgehead atoms. The smallest absolute Gasteiger partial charge is 0.0783 e. The third-order valence-corrected chi connectivity index (χ3v) is 6.73. The van der Waals surface area contributed by atoms with Gasteiger partial charge in [0.1, 0.15) is 0 Å². The van der Waals surface area contributed by atoms with Gasteiger partial charge in [0.15, 0.2) is 0 Å². The van der Waals surface area contributed by atoms with Crippen molar-refractivity contribution in [1.82, 2.24) is 4.57 Å². The molecule has 2 heteroatoms. The lowest BCUT2D eigenvalue weighted by atomic mass is 10.0. The molecule has 0 saturated heterocycles. The number of aromatic nitrogens is 1. The van der Waals surface area contributed by atoms with Gasteiger partial charge in [-0.1, -0.05) is 84.9 Å². The van der Waals surface area contributed by atoms with Crippen LogP contribution in [0.25, 0.3) is 38.6 Å². The summed E-state index contributed by atoms with van der Waals surface area (Å²) in [5.41, 5.74) is 10.1. The van der Waals surface area contributed by atoms with Crippen molar-refractivity contribution in [3.63, 3.8) is 0 Å². The van der Waals surface area contributed by atoms with Crippen molar-refractivity contribution in [3.05, 3.63) is 115 Å². The van der Waals surface area contributed by atoms with Crippen molar-refractivity contribution in [1.29, 1.82) is 0 Å². The lowest BCUT2D eigenvalue weighted by Gasteiger charge is -2.36. The summed E-state index contributed by atoms with van der Waals surface area (Å²) in [5, 5.41) is 2.63. The Morgan fingerprint density at radius 2 is 1.22 bits per heavy atom. The number of benzene rings is 4. The molecule has 0 amide bonds. The van der Waals surface area contributed by atoms with E-state index < -0.39 is 0 Å². The number of hydrogen-bond donors (Lipinski definition) is 0. The van der Waals surface area contributed by atoms with Gasteiger partial charge in [-0.25, -0.2) is 0 Å². The number of nitrogens with zero attached hydrogens (tertiary/aromatic N) is 2. The first-order valence-electron chi connectivity index (χ1n) is 11.3. The van der Waals surface area contributed by atoms with Crippen LogP contribution in [-0.2, 0) is 0 Å². The van der Waals surface area contributed by atoms with Crippen molar-refractivity contribution in [2.24, 2.45) is 0 Å². The Bertz CT molecular complexity index is 1550. The molecule has 7 rings (SSSR count). The monoisotopic (exact) mass is 410 g/mol. The zero-order valence-electron chi connectivity index (χ0n) is 17.7. The van der Waals surface area contributed by atoms with E-state index >= 15 is 0 Å². The molecule has 0 spiro atoms. The van der Waals surface area contributed by atoms with Crippen molar-refractivity contribution in [2.45, 2.75) is 12.8 Å². The zero-order valence-corrected chi connectivity index (χ0v) is 17.7. The first-order valence-corrected chi connectivity index (χ1v) is 11.3. The molecule has 0 atom stereocenters. The predicted octanol–water partition coefficient (Wildman–Crippen LogP) is 8.13. The highest BCUT2D eigenvalue weighted by Crippen LogP contribution is 2.48. The highest BCUT2D eigenvalue weighted by molar-refractivity contribution is 6.17. The van der Waals surface area contributed by atoms with E-state index in [0.29, 0.717) is 0 Å². The van der Waals surface area contributed by atoms with E-state index in [1.807, 2.05) is 0 Å². The average Bonchev–Trinajstić information content (AvgIpc) is 3.21. The first kappa shape index (κ1) is 17.6. The molecule has 1 aromatic heterocycles. The summed E-state index contributed by atoms with van der Waals surface area (Å²) in [6, 6.07) is 35.1. The highest BCUT2D eigenvalue weighted by atomic mass is 15.2. The summed E-state index contributed by atoms with van der Waals surface area (Å²) in [4.78, 5) is 2.45. The third kappa shape index (κ3) is 2.41. The van der Waals surface area contributed by atoms with Crippen LogP contribution in [-0.4, -0.2) is 4.57 Å². The largest absolute Gasteiger partial charge is 0.307 e. The van der Waals surface area contributed by atoms with Crippen LogP contribution in [0.4, 0.5) is 11.4 Å². The van der Waals surface area contributed by atoms with Gasteiger partial charge in [0.2, 0.25) is 0 Å². The molecule has 5 aromatic rings. The predicted molar refractivity (Wildman–Crippen MR) is 135 cm³/mol. The number of hydrogen-bond acceptors (Lipinski definition) is 1. The zero-order chi connectivity index (χ0) is 21.1. The topological polar surface area (TPSA) is 8.17 Å². The van der Waals surface area contributed by atoms with Crippen LogP contribution in [0, 0.1) is 0 Å². The number of anilines is 2. The summed E-state index contributed by atoms with van der Waals surface area (Å²) in [7, 11) is 0. The molecular weight excluding hydrogens is 388 g/mol. The highest BCUT2D eigenvalue weighted by Gasteiger charge is 2.31. The lowest BCUT2D eigenvalue weighted by Crippen LogP contribution is -2.25. The average molecular weight is 411 g/mol. The SMILES string of the molecule is C1=C2C(=CCC1)n1c3ccccc3c3cccc(c31)N2c1ccc(-c2ccccc2)cc1. The molecule has 2 nitrogen and oxygen atoms in total. The van der Waals surface area contributed by atoms with Gasteiger partial charge in [-0.05, 0) is 48.2 Å². The Morgan fingerprint density at radius 3 is 2.06 bits per heavy atom. The summed E-state index contributed by atoms with van der Waals surface area (Å²) in [5.74, 6) is 0. The molecule has 1 aliphatic carbocycles. The van der Waals surface area contributed by atoms with Crippen LogP contribution in [0.5, 0.6) is 0 Å². The van der Waals surface area contributed by atoms with Crippen molar-refractivity contribution < 1.29 is 0 Å². The van der Waals surface area contributed by atoms with E-state index in [1.165, 1.54) is 55.7 Å². The summed E-state index contributed by atoms with van der Waals surface area (Å²) >= 11 is 0. The summed E-state index contributed by atoms with van der Waals surface area (Å²) < 4.78 is 2.47. The fourth-order valence-electron chi connectivity index (χ4n) is 5.33. The lowest BCUT2D eigenvalue weighted by molar-refractivity contribution is 0.963. The fourth-order valence-corrected chi connectivity index (χ4v) is 5.33. The number of para-hydroxylation sites is 2. The molecule has 0 unspecified atom stereocenters. The molecule has 2 heterocycles. The molecule has 32 heavy (non-hydrogen) atoms. The molecule has 1 aliphatic heterocycles. The Morgan fingerprint density at radius 1 is 0.531 bits per heavy atom. The molecule has 152 valence electrons. The van der Waals surface area contributed by atoms with Gasteiger partial charge >= 0.3 is 0 Å². The number of fused-ring (bicyclic) bond motifs is 5. The molecular formula is C30H22N2. The van der Waals surface area contributed by atoms with Gasteiger partial charge in [-0.3, -0.25) is 0 Å². The maximum absolute atomic E-state index is 2.47. The van der Waals surface area contributed by atoms with Gasteiger partial charge < -0.3 is 9.47 Å². The standard InChI is InChI=1S/C30H22N2/c1-2-9-21(10-3-1)22-17-19-23(20-18-22)31-27-14-6-7-15-28(27)32-26-13-5-4-11-24(26)25-12-8-16-29(31)30(25)32/h1-5,8-20H,6-7H2. The molecule has 4 aromatic carbocycles. The minimum atomic E-state index is 1.07. The minimum absolute atomic E-state index is 1.07. The first-order chi connectivity index (χ1) is 15.9. The van der Waals surface area contributed by atoms with Gasteiger partial charge in [-0.2, -0.15) is 0 Å². The van der Waals surface area contributed by atoms with E-state index in [0.717, 1.165) is 12.8 Å². The fraction of sp³-hybridized carbons (Fsp3) is 0.0667. The molecule has 0 saturated carbocycles. The van der Waals surface area contributed by atoms with Gasteiger partial charge in [0.05, 0.1) is 28.1 Å². The van der Waals surface area contributed by atoms with Crippen LogP contribution < -0.4 is 4.90 Å².